The van der Waals surface area contributed by atoms with Crippen LogP contribution in [0.2, 0.25) is 0 Å². The van der Waals surface area contributed by atoms with Crippen LogP contribution in [0, 0.1) is 0 Å². The van der Waals surface area contributed by atoms with E-state index in [4.69, 9.17) is 5.10 Å². The monoisotopic (exact) mass is 474 g/mol. The van der Waals surface area contributed by atoms with Gasteiger partial charge in [-0.25, -0.2) is 0 Å². The van der Waals surface area contributed by atoms with E-state index in [9.17, 15) is 4.79 Å². The molecule has 0 amide bonds. The van der Waals surface area contributed by atoms with Crippen LogP contribution in [0.15, 0.2) is 108 Å². The highest BCUT2D eigenvalue weighted by Gasteiger charge is 2.33. The summed E-state index contributed by atoms with van der Waals surface area (Å²) in [5, 5.41) is 4.92. The van der Waals surface area contributed by atoms with E-state index in [-0.39, 0.29) is 16.5 Å². The van der Waals surface area contributed by atoms with E-state index in [0.717, 1.165) is 27.8 Å². The molecule has 0 saturated heterocycles. The maximum atomic E-state index is 13.6. The summed E-state index contributed by atoms with van der Waals surface area (Å²) >= 11 is 0. The van der Waals surface area contributed by atoms with Crippen LogP contribution < -0.4 is 10.3 Å². The van der Waals surface area contributed by atoms with Crippen LogP contribution in [0.4, 0.5) is 0 Å². The number of hydrogen-bond acceptors (Lipinski definition) is 2. The molecule has 1 heterocycles. The molecule has 5 aromatic rings. The van der Waals surface area contributed by atoms with E-state index in [1.165, 1.54) is 15.8 Å². The minimum absolute atomic E-state index is 0.172. The van der Waals surface area contributed by atoms with Gasteiger partial charge in [0.15, 0.2) is 16.7 Å². The number of para-hydroxylation sites is 1. The lowest BCUT2D eigenvalue weighted by atomic mass is 9.72. The van der Waals surface area contributed by atoms with Crippen molar-refractivity contribution in [2.75, 3.05) is 0 Å². The van der Waals surface area contributed by atoms with E-state index in [0.29, 0.717) is 0 Å². The molecule has 1 aromatic heterocycles. The molecule has 0 unspecified atom stereocenters. The van der Waals surface area contributed by atoms with Gasteiger partial charge >= 0.3 is 5.69 Å². The summed E-state index contributed by atoms with van der Waals surface area (Å²) in [6.07, 6.45) is 0. The second-order valence-corrected chi connectivity index (χ2v) is 10.5. The van der Waals surface area contributed by atoms with E-state index < -0.39 is 0 Å². The number of rotatable bonds is 5. The lowest BCUT2D eigenvalue weighted by molar-refractivity contribution is -0.665. The van der Waals surface area contributed by atoms with Crippen molar-refractivity contribution in [1.82, 2.24) is 9.78 Å². The molecule has 0 aliphatic rings. The normalized spacial score (nSPS) is 12.1. The highest BCUT2D eigenvalue weighted by molar-refractivity contribution is 5.78. The molecule has 0 atom stereocenters. The van der Waals surface area contributed by atoms with Gasteiger partial charge in [-0.3, -0.25) is 0 Å². The number of nitrogens with zero attached hydrogens (tertiary/aromatic N) is 3. The van der Waals surface area contributed by atoms with Crippen molar-refractivity contribution in [1.29, 1.82) is 0 Å². The fraction of sp³-hybridized carbons (Fsp3) is 0.219. The molecule has 0 aliphatic carbocycles. The van der Waals surface area contributed by atoms with Crippen LogP contribution in [0.25, 0.3) is 16.7 Å². The van der Waals surface area contributed by atoms with Crippen LogP contribution in [0.5, 0.6) is 0 Å². The van der Waals surface area contributed by atoms with E-state index >= 15 is 0 Å². The molecule has 5 rings (SSSR count). The lowest BCUT2D eigenvalue weighted by Gasteiger charge is -2.31. The Balaban J connectivity index is 1.87. The van der Waals surface area contributed by atoms with Crippen molar-refractivity contribution in [2.45, 2.75) is 38.5 Å². The van der Waals surface area contributed by atoms with Crippen LogP contribution in [0.1, 0.15) is 49.9 Å². The molecular formula is C32H32N3O+. The SMILES string of the molecule is C[n+]1c(=O)n(-c2ccccc2)nc2cc(C(C)(C)c3ccccc3)cc(C(C)(C)c3ccccc3)c21. The second-order valence-electron chi connectivity index (χ2n) is 10.5. The van der Waals surface area contributed by atoms with Gasteiger partial charge in [0, 0.05) is 16.4 Å². The quantitative estimate of drug-likeness (QED) is 0.299. The number of fused-ring (bicyclic) bond motifs is 1. The zero-order chi connectivity index (χ0) is 25.5. The highest BCUT2D eigenvalue weighted by Crippen LogP contribution is 2.39. The third kappa shape index (κ3) is 3.93. The van der Waals surface area contributed by atoms with Crippen LogP contribution in [-0.2, 0) is 17.9 Å². The largest absolute Gasteiger partial charge is 0.524 e. The lowest BCUT2D eigenvalue weighted by Crippen LogP contribution is -2.53. The molecule has 0 saturated carbocycles. The van der Waals surface area contributed by atoms with Gasteiger partial charge < -0.3 is 0 Å². The zero-order valence-corrected chi connectivity index (χ0v) is 21.6. The van der Waals surface area contributed by atoms with E-state index in [1.54, 1.807) is 4.57 Å². The van der Waals surface area contributed by atoms with Gasteiger partial charge in [-0.05, 0) is 41.0 Å². The molecule has 180 valence electrons. The van der Waals surface area contributed by atoms with Crippen molar-refractivity contribution in [3.63, 3.8) is 0 Å². The van der Waals surface area contributed by atoms with Crippen LogP contribution >= 0.6 is 0 Å². The smallest absolute Gasteiger partial charge is 0.194 e. The Bertz CT molecular complexity index is 1590. The summed E-state index contributed by atoms with van der Waals surface area (Å²) in [7, 11) is 1.85. The Hall–Kier alpha value is -4.05. The average molecular weight is 475 g/mol. The maximum absolute atomic E-state index is 13.6. The van der Waals surface area contributed by atoms with E-state index in [1.807, 2.05) is 49.5 Å². The fourth-order valence-electron chi connectivity index (χ4n) is 5.04. The van der Waals surface area contributed by atoms with E-state index in [2.05, 4.69) is 88.4 Å². The summed E-state index contributed by atoms with van der Waals surface area (Å²) in [5.74, 6) is 0. The number of aromatic nitrogens is 3. The molecule has 4 heteroatoms. The predicted octanol–water partition coefficient (Wildman–Crippen LogP) is 5.86. The third-order valence-corrected chi connectivity index (χ3v) is 7.49. The van der Waals surface area contributed by atoms with Gasteiger partial charge in [-0.2, -0.15) is 9.36 Å². The molecule has 0 radical (unpaired) electrons. The summed E-state index contributed by atoms with van der Waals surface area (Å²) in [5.41, 5.74) is 6.27. The molecule has 4 aromatic carbocycles. The second kappa shape index (κ2) is 8.87. The number of hydrogen-bond donors (Lipinski definition) is 0. The van der Waals surface area contributed by atoms with Gasteiger partial charge in [-0.15, -0.1) is 0 Å². The minimum atomic E-state index is -0.354. The number of aryl methyl sites for hydroxylation is 1. The molecular weight excluding hydrogens is 442 g/mol. The molecule has 0 fully saturated rings. The first-order chi connectivity index (χ1) is 17.2. The van der Waals surface area contributed by atoms with Crippen molar-refractivity contribution in [3.8, 4) is 5.69 Å². The fourth-order valence-corrected chi connectivity index (χ4v) is 5.04. The molecule has 0 aliphatic heterocycles. The molecule has 0 N–H and O–H groups in total. The van der Waals surface area contributed by atoms with Crippen LogP contribution in [-0.4, -0.2) is 9.78 Å². The Morgan fingerprint density at radius 1 is 0.667 bits per heavy atom. The first-order valence-electron chi connectivity index (χ1n) is 12.4. The summed E-state index contributed by atoms with van der Waals surface area (Å²) in [4.78, 5) is 13.6. The highest BCUT2D eigenvalue weighted by atomic mass is 16.2. The minimum Gasteiger partial charge on any atom is -0.194 e. The van der Waals surface area contributed by atoms with Gasteiger partial charge in [0.1, 0.15) is 0 Å². The third-order valence-electron chi connectivity index (χ3n) is 7.49. The van der Waals surface area contributed by atoms with Crippen molar-refractivity contribution >= 4 is 11.0 Å². The summed E-state index contributed by atoms with van der Waals surface area (Å²) < 4.78 is 3.25. The van der Waals surface area contributed by atoms with Crippen molar-refractivity contribution in [2.24, 2.45) is 7.05 Å². The Morgan fingerprint density at radius 2 is 1.17 bits per heavy atom. The van der Waals surface area contributed by atoms with Gasteiger partial charge in [0.2, 0.25) is 0 Å². The summed E-state index contributed by atoms with van der Waals surface area (Å²) in [6, 6.07) is 35.0. The Kier molecular flexibility index (Phi) is 5.83. The van der Waals surface area contributed by atoms with Gasteiger partial charge in [0.05, 0.1) is 7.05 Å². The van der Waals surface area contributed by atoms with Gasteiger partial charge in [0.25, 0.3) is 0 Å². The first kappa shape index (κ1) is 23.7. The van der Waals surface area contributed by atoms with Crippen LogP contribution in [0.3, 0.4) is 0 Å². The standard InChI is InChI=1S/C32H32N3O/c1-31(2,23-15-9-6-10-16-23)25-21-27(32(3,4)24-17-11-7-12-18-24)29-28(22-25)33-35(30(36)34(29)5)26-19-13-8-14-20-26/h6-22H,1-5H3/q+1. The average Bonchev–Trinajstić information content (AvgIpc) is 2.91. The molecule has 4 nitrogen and oxygen atoms in total. The zero-order valence-electron chi connectivity index (χ0n) is 21.6. The number of benzene rings is 4. The molecule has 36 heavy (non-hydrogen) atoms. The maximum Gasteiger partial charge on any atom is 0.524 e. The Labute approximate surface area is 212 Å². The molecule has 0 bridgehead atoms. The molecule has 0 spiro atoms. The van der Waals surface area contributed by atoms with Gasteiger partial charge in [-0.1, -0.05) is 116 Å². The first-order valence-corrected chi connectivity index (χ1v) is 12.4. The van der Waals surface area contributed by atoms with Crippen molar-refractivity contribution in [3.05, 3.63) is 136 Å². The summed E-state index contributed by atoms with van der Waals surface area (Å²) in [6.45, 7) is 8.93. The Morgan fingerprint density at radius 3 is 1.72 bits per heavy atom. The van der Waals surface area contributed by atoms with Crippen molar-refractivity contribution < 1.29 is 4.57 Å². The topological polar surface area (TPSA) is 38.8 Å². The predicted molar refractivity (Wildman–Crippen MR) is 146 cm³/mol.